The maximum Gasteiger partial charge on any atom is 0.0583 e. The first-order valence-corrected chi connectivity index (χ1v) is 7.91. The van der Waals surface area contributed by atoms with Crippen molar-refractivity contribution in [3.8, 4) is 0 Å². The molecule has 0 radical (unpaired) electrons. The Morgan fingerprint density at radius 1 is 0.810 bits per heavy atom. The fraction of sp³-hybridized carbons (Fsp3) is 0.158. The largest absolute Gasteiger partial charge is 0.309 e. The van der Waals surface area contributed by atoms with Crippen molar-refractivity contribution in [3.63, 3.8) is 0 Å². The molecule has 0 aliphatic rings. The SMILES string of the molecule is CNC(c1ccccc1C)c1ccc(Br)c2ccccc12. The molecule has 0 aliphatic carbocycles. The standard InChI is InChI=1S/C19H18BrN/c1-13-7-3-4-8-14(13)19(21-2)17-11-12-18(20)16-10-6-5-9-15(16)17/h3-12,19,21H,1-2H3. The predicted molar refractivity (Wildman–Crippen MR) is 93.7 cm³/mol. The zero-order chi connectivity index (χ0) is 14.8. The summed E-state index contributed by atoms with van der Waals surface area (Å²) in [6.45, 7) is 2.17. The van der Waals surface area contributed by atoms with Crippen molar-refractivity contribution in [1.29, 1.82) is 0 Å². The number of aryl methyl sites for hydroxylation is 1. The monoisotopic (exact) mass is 339 g/mol. The Kier molecular flexibility index (Phi) is 4.09. The summed E-state index contributed by atoms with van der Waals surface area (Å²) in [5.74, 6) is 0. The maximum absolute atomic E-state index is 3.65. The molecule has 0 amide bonds. The summed E-state index contributed by atoms with van der Waals surface area (Å²) >= 11 is 3.65. The molecular weight excluding hydrogens is 322 g/mol. The molecule has 2 heteroatoms. The van der Waals surface area contributed by atoms with E-state index in [1.54, 1.807) is 0 Å². The van der Waals surface area contributed by atoms with E-state index in [4.69, 9.17) is 0 Å². The number of benzene rings is 3. The van der Waals surface area contributed by atoms with Gasteiger partial charge in [-0.1, -0.05) is 70.5 Å². The van der Waals surface area contributed by atoms with Crippen LogP contribution >= 0.6 is 15.9 Å². The topological polar surface area (TPSA) is 12.0 Å². The fourth-order valence-electron chi connectivity index (χ4n) is 2.93. The lowest BCUT2D eigenvalue weighted by molar-refractivity contribution is 0.692. The average Bonchev–Trinajstić information content (AvgIpc) is 2.52. The maximum atomic E-state index is 3.65. The molecule has 1 nitrogen and oxygen atoms in total. The molecule has 0 heterocycles. The third-order valence-corrected chi connectivity index (χ3v) is 4.70. The molecule has 1 atom stereocenters. The molecule has 0 aliphatic heterocycles. The minimum atomic E-state index is 0.198. The molecule has 3 aromatic carbocycles. The lowest BCUT2D eigenvalue weighted by atomic mass is 9.91. The molecule has 1 N–H and O–H groups in total. The Bertz CT molecular complexity index is 779. The van der Waals surface area contributed by atoms with Crippen molar-refractivity contribution in [1.82, 2.24) is 5.32 Å². The molecule has 0 saturated heterocycles. The van der Waals surface area contributed by atoms with Crippen molar-refractivity contribution >= 4 is 26.7 Å². The zero-order valence-corrected chi connectivity index (χ0v) is 13.8. The van der Waals surface area contributed by atoms with Gasteiger partial charge in [0.05, 0.1) is 6.04 Å². The molecule has 0 aromatic heterocycles. The van der Waals surface area contributed by atoms with E-state index >= 15 is 0 Å². The second kappa shape index (κ2) is 6.00. The van der Waals surface area contributed by atoms with Crippen LogP contribution < -0.4 is 5.32 Å². The van der Waals surface area contributed by atoms with Crippen LogP contribution in [0.5, 0.6) is 0 Å². The van der Waals surface area contributed by atoms with Gasteiger partial charge in [0, 0.05) is 4.47 Å². The molecule has 0 spiro atoms. The van der Waals surface area contributed by atoms with Crippen LogP contribution in [0, 0.1) is 6.92 Å². The first-order valence-electron chi connectivity index (χ1n) is 7.12. The summed E-state index contributed by atoms with van der Waals surface area (Å²) in [5.41, 5.74) is 3.95. The van der Waals surface area contributed by atoms with Gasteiger partial charge >= 0.3 is 0 Å². The number of halogens is 1. The molecule has 3 aromatic rings. The highest BCUT2D eigenvalue weighted by molar-refractivity contribution is 9.10. The average molecular weight is 340 g/mol. The summed E-state index contributed by atoms with van der Waals surface area (Å²) in [6, 6.07) is 21.6. The van der Waals surface area contributed by atoms with Crippen molar-refractivity contribution < 1.29 is 0 Å². The van der Waals surface area contributed by atoms with Crippen LogP contribution in [0.2, 0.25) is 0 Å². The first-order chi connectivity index (χ1) is 10.2. The highest BCUT2D eigenvalue weighted by Gasteiger charge is 2.17. The van der Waals surface area contributed by atoms with Crippen molar-refractivity contribution in [2.45, 2.75) is 13.0 Å². The molecular formula is C19H18BrN. The van der Waals surface area contributed by atoms with Crippen LogP contribution in [0.15, 0.2) is 65.1 Å². The molecule has 0 bridgehead atoms. The minimum absolute atomic E-state index is 0.198. The van der Waals surface area contributed by atoms with Gasteiger partial charge in [0.25, 0.3) is 0 Å². The Labute approximate surface area is 134 Å². The van der Waals surface area contributed by atoms with Gasteiger partial charge in [-0.2, -0.15) is 0 Å². The molecule has 106 valence electrons. The Balaban J connectivity index is 2.23. The van der Waals surface area contributed by atoms with E-state index in [1.165, 1.54) is 27.5 Å². The predicted octanol–water partition coefficient (Wildman–Crippen LogP) is 5.22. The molecule has 0 saturated carbocycles. The summed E-state index contributed by atoms with van der Waals surface area (Å²) in [7, 11) is 2.02. The van der Waals surface area contributed by atoms with Crippen molar-refractivity contribution in [2.75, 3.05) is 7.05 Å². The van der Waals surface area contributed by atoms with Gasteiger partial charge in [-0.15, -0.1) is 0 Å². The van der Waals surface area contributed by atoms with E-state index < -0.39 is 0 Å². The number of hydrogen-bond donors (Lipinski definition) is 1. The third-order valence-electron chi connectivity index (χ3n) is 4.00. The van der Waals surface area contributed by atoms with Crippen LogP contribution in [0.3, 0.4) is 0 Å². The van der Waals surface area contributed by atoms with Crippen molar-refractivity contribution in [2.24, 2.45) is 0 Å². The van der Waals surface area contributed by atoms with Gasteiger partial charge in [-0.25, -0.2) is 0 Å². The Hall–Kier alpha value is -1.64. The normalized spacial score (nSPS) is 12.5. The van der Waals surface area contributed by atoms with Gasteiger partial charge in [-0.05, 0) is 47.5 Å². The third kappa shape index (κ3) is 2.61. The second-order valence-corrected chi connectivity index (χ2v) is 6.11. The van der Waals surface area contributed by atoms with Gasteiger partial charge in [0.15, 0.2) is 0 Å². The number of fused-ring (bicyclic) bond motifs is 1. The van der Waals surface area contributed by atoms with Gasteiger partial charge in [-0.3, -0.25) is 0 Å². The van der Waals surface area contributed by atoms with Crippen molar-refractivity contribution in [3.05, 3.63) is 81.8 Å². The Morgan fingerprint density at radius 2 is 1.48 bits per heavy atom. The summed E-state index contributed by atoms with van der Waals surface area (Å²) < 4.78 is 1.14. The van der Waals surface area contributed by atoms with E-state index in [0.717, 1.165) is 4.47 Å². The lowest BCUT2D eigenvalue weighted by Gasteiger charge is -2.21. The van der Waals surface area contributed by atoms with Crippen LogP contribution in [0.4, 0.5) is 0 Å². The number of hydrogen-bond acceptors (Lipinski definition) is 1. The number of nitrogens with one attached hydrogen (secondary N) is 1. The van der Waals surface area contributed by atoms with E-state index in [2.05, 4.69) is 88.8 Å². The van der Waals surface area contributed by atoms with Gasteiger partial charge < -0.3 is 5.32 Å². The molecule has 21 heavy (non-hydrogen) atoms. The van der Waals surface area contributed by atoms with E-state index in [-0.39, 0.29) is 6.04 Å². The van der Waals surface area contributed by atoms with Gasteiger partial charge in [0.2, 0.25) is 0 Å². The fourth-order valence-corrected chi connectivity index (χ4v) is 3.40. The smallest absolute Gasteiger partial charge is 0.0583 e. The molecule has 3 rings (SSSR count). The quantitative estimate of drug-likeness (QED) is 0.689. The number of rotatable bonds is 3. The highest BCUT2D eigenvalue weighted by atomic mass is 79.9. The lowest BCUT2D eigenvalue weighted by Crippen LogP contribution is -2.19. The summed E-state index contributed by atoms with van der Waals surface area (Å²) in [6.07, 6.45) is 0. The van der Waals surface area contributed by atoms with E-state index in [9.17, 15) is 0 Å². The summed E-state index contributed by atoms with van der Waals surface area (Å²) in [4.78, 5) is 0. The minimum Gasteiger partial charge on any atom is -0.309 e. The van der Waals surface area contributed by atoms with Crippen LogP contribution in [-0.4, -0.2) is 7.05 Å². The highest BCUT2D eigenvalue weighted by Crippen LogP contribution is 2.33. The zero-order valence-electron chi connectivity index (χ0n) is 12.2. The van der Waals surface area contributed by atoms with Crippen LogP contribution in [-0.2, 0) is 0 Å². The van der Waals surface area contributed by atoms with Gasteiger partial charge in [0.1, 0.15) is 0 Å². The first kappa shape index (κ1) is 14.3. The van der Waals surface area contributed by atoms with E-state index in [1.807, 2.05) is 7.05 Å². The Morgan fingerprint density at radius 3 is 2.19 bits per heavy atom. The summed E-state index contributed by atoms with van der Waals surface area (Å²) in [5, 5.41) is 6.01. The molecule has 1 unspecified atom stereocenters. The van der Waals surface area contributed by atoms with E-state index in [0.29, 0.717) is 0 Å². The van der Waals surface area contributed by atoms with Crippen LogP contribution in [0.1, 0.15) is 22.7 Å². The second-order valence-electron chi connectivity index (χ2n) is 5.26. The molecule has 0 fully saturated rings. The van der Waals surface area contributed by atoms with Crippen LogP contribution in [0.25, 0.3) is 10.8 Å².